The summed E-state index contributed by atoms with van der Waals surface area (Å²) < 4.78 is 0. The zero-order chi connectivity index (χ0) is 31.9. The highest BCUT2D eigenvalue weighted by Crippen LogP contribution is 2.87. The maximum atomic E-state index is 14.8. The zero-order valence-corrected chi connectivity index (χ0v) is 28.5. The summed E-state index contributed by atoms with van der Waals surface area (Å²) >= 11 is 0. The number of carbonyl (C=O) groups excluding carboxylic acids is 2. The van der Waals surface area contributed by atoms with Gasteiger partial charge in [0.1, 0.15) is 5.78 Å². The third-order valence-electron chi connectivity index (χ3n) is 14.8. The SMILES string of the molecule is CC[C@H](C)C(=O)N[C@H]1CCC23C[C@]24C(=O)C[C@]2(C)[C@@H]([C@H](C)N(C)C)[C@H](O)C[C@@]2(C)[C@@H]4CC[C@H]3[C@]1(C)/C=N/Cc1ccccc1. The summed E-state index contributed by atoms with van der Waals surface area (Å²) in [7, 11) is 4.20. The molecule has 1 aromatic rings. The molecule has 0 radical (unpaired) electrons. The van der Waals surface area contributed by atoms with E-state index in [2.05, 4.69) is 89.4 Å². The van der Waals surface area contributed by atoms with Crippen LogP contribution in [-0.2, 0) is 16.1 Å². The summed E-state index contributed by atoms with van der Waals surface area (Å²) in [5.74, 6) is 1.24. The van der Waals surface area contributed by atoms with Gasteiger partial charge in [0.2, 0.25) is 5.91 Å². The van der Waals surface area contributed by atoms with Gasteiger partial charge in [0.25, 0.3) is 0 Å². The van der Waals surface area contributed by atoms with Crippen LogP contribution in [0.3, 0.4) is 0 Å². The summed E-state index contributed by atoms with van der Waals surface area (Å²) in [6.07, 6.45) is 8.86. The molecule has 0 aliphatic heterocycles. The quantitative estimate of drug-likeness (QED) is 0.342. The van der Waals surface area contributed by atoms with Crippen LogP contribution in [0.4, 0.5) is 0 Å². The molecule has 6 heteroatoms. The van der Waals surface area contributed by atoms with Gasteiger partial charge >= 0.3 is 0 Å². The van der Waals surface area contributed by atoms with Crippen molar-refractivity contribution in [2.24, 2.45) is 55.7 Å². The van der Waals surface area contributed by atoms with Crippen LogP contribution < -0.4 is 5.32 Å². The first-order valence-corrected chi connectivity index (χ1v) is 17.4. The van der Waals surface area contributed by atoms with Crippen LogP contribution in [0.2, 0.25) is 0 Å². The van der Waals surface area contributed by atoms with E-state index in [1.54, 1.807) is 0 Å². The predicted octanol–water partition coefficient (Wildman–Crippen LogP) is 6.31. The molecule has 12 atom stereocenters. The summed E-state index contributed by atoms with van der Waals surface area (Å²) in [6, 6.07) is 10.6. The second kappa shape index (κ2) is 10.8. The largest absolute Gasteiger partial charge is 0.393 e. The number of carbonyl (C=O) groups is 2. The Balaban J connectivity index is 1.36. The topological polar surface area (TPSA) is 82.0 Å². The van der Waals surface area contributed by atoms with E-state index in [0.717, 1.165) is 44.9 Å². The zero-order valence-electron chi connectivity index (χ0n) is 28.5. The van der Waals surface area contributed by atoms with E-state index in [9.17, 15) is 14.7 Å². The molecule has 0 aromatic heterocycles. The first-order chi connectivity index (χ1) is 20.7. The first-order valence-electron chi connectivity index (χ1n) is 17.4. The molecule has 1 amide bonds. The number of nitrogens with one attached hydrogen (secondary N) is 1. The summed E-state index contributed by atoms with van der Waals surface area (Å²) in [4.78, 5) is 35.3. The number of aliphatic hydroxyl groups is 1. The van der Waals surface area contributed by atoms with Crippen molar-refractivity contribution < 1.29 is 14.7 Å². The van der Waals surface area contributed by atoms with Crippen LogP contribution in [0, 0.1) is 50.7 Å². The van der Waals surface area contributed by atoms with E-state index in [1.807, 2.05) is 13.0 Å². The fraction of sp³-hybridized carbons (Fsp3) is 0.763. The molecule has 0 bridgehead atoms. The number of Topliss-reactive ketones (excluding diaryl/α,β-unsaturated/α-hetero) is 1. The molecule has 44 heavy (non-hydrogen) atoms. The molecule has 2 N–H and O–H groups in total. The van der Waals surface area contributed by atoms with Gasteiger partial charge in [-0.15, -0.1) is 0 Å². The molecule has 6 nitrogen and oxygen atoms in total. The highest BCUT2D eigenvalue weighted by molar-refractivity contribution is 5.92. The Morgan fingerprint density at radius 2 is 1.77 bits per heavy atom. The molecular formula is C38H57N3O3. The minimum Gasteiger partial charge on any atom is -0.393 e. The van der Waals surface area contributed by atoms with E-state index in [-0.39, 0.29) is 63.0 Å². The standard InChI is InChI=1S/C38H57N3O3/c1-9-24(2)33(44)40-30-17-18-37-22-38(37)29(16-15-28(37)34(30,4)23-39-21-26-13-11-10-12-14-26)35(5)19-27(42)32(25(3)41(7)8)36(35,6)20-31(38)43/h10-14,23-25,27-30,32,42H,9,15-22H2,1-8H3,(H,40,44)/b39-23+/t24-,25-,27+,28-,29-,30-,32-,34-,35-,36+,37?,38-/m0/s1. The van der Waals surface area contributed by atoms with Crippen molar-refractivity contribution in [2.45, 2.75) is 118 Å². The van der Waals surface area contributed by atoms with Crippen molar-refractivity contribution in [2.75, 3.05) is 14.1 Å². The first kappa shape index (κ1) is 31.9. The van der Waals surface area contributed by atoms with Crippen LogP contribution in [0.25, 0.3) is 0 Å². The number of fused-ring (bicyclic) bond motifs is 2. The van der Waals surface area contributed by atoms with Gasteiger partial charge in [-0.2, -0.15) is 0 Å². The van der Waals surface area contributed by atoms with Crippen molar-refractivity contribution in [3.05, 3.63) is 35.9 Å². The van der Waals surface area contributed by atoms with Gasteiger partial charge in [0.05, 0.1) is 12.6 Å². The number of ketones is 1. The van der Waals surface area contributed by atoms with Gasteiger partial charge in [-0.05, 0) is 99.6 Å². The summed E-state index contributed by atoms with van der Waals surface area (Å²) in [6.45, 7) is 14.0. The summed E-state index contributed by atoms with van der Waals surface area (Å²) in [5.41, 5.74) is 0.202. The molecular weight excluding hydrogens is 546 g/mol. The Morgan fingerprint density at radius 1 is 1.09 bits per heavy atom. The number of rotatable bonds is 8. The average molecular weight is 604 g/mol. The Labute approximate surface area is 265 Å². The molecule has 1 unspecified atom stereocenters. The molecule has 0 saturated heterocycles. The van der Waals surface area contributed by atoms with Crippen LogP contribution in [0.15, 0.2) is 35.3 Å². The third kappa shape index (κ3) is 4.21. The van der Waals surface area contributed by atoms with Crippen LogP contribution in [0.5, 0.6) is 0 Å². The van der Waals surface area contributed by atoms with Gasteiger partial charge in [-0.25, -0.2) is 0 Å². The molecule has 5 aliphatic rings. The molecule has 242 valence electrons. The number of benzene rings is 1. The van der Waals surface area contributed by atoms with Crippen LogP contribution in [-0.4, -0.2) is 60.2 Å². The minimum absolute atomic E-state index is 0.00603. The number of hydrogen-bond acceptors (Lipinski definition) is 5. The van der Waals surface area contributed by atoms with Gasteiger partial charge in [-0.1, -0.05) is 65.0 Å². The maximum absolute atomic E-state index is 14.8. The van der Waals surface area contributed by atoms with Crippen molar-refractivity contribution in [3.63, 3.8) is 0 Å². The maximum Gasteiger partial charge on any atom is 0.223 e. The Hall–Kier alpha value is -2.05. The Bertz CT molecular complexity index is 1310. The molecule has 6 rings (SSSR count). The monoisotopic (exact) mass is 603 g/mol. The summed E-state index contributed by atoms with van der Waals surface area (Å²) in [5, 5.41) is 15.1. The smallest absolute Gasteiger partial charge is 0.223 e. The van der Waals surface area contributed by atoms with Crippen molar-refractivity contribution in [1.29, 1.82) is 0 Å². The van der Waals surface area contributed by atoms with E-state index < -0.39 is 0 Å². The number of aliphatic imine (C=N–C) groups is 1. The van der Waals surface area contributed by atoms with Gasteiger partial charge < -0.3 is 15.3 Å². The molecule has 2 spiro atoms. The molecule has 5 saturated carbocycles. The van der Waals surface area contributed by atoms with E-state index in [4.69, 9.17) is 4.99 Å². The van der Waals surface area contributed by atoms with Crippen molar-refractivity contribution in [1.82, 2.24) is 10.2 Å². The molecule has 0 heterocycles. The number of nitrogens with zero attached hydrogens (tertiary/aromatic N) is 2. The van der Waals surface area contributed by atoms with E-state index in [1.165, 1.54) is 5.56 Å². The number of aliphatic hydroxyl groups excluding tert-OH is 1. The second-order valence-corrected chi connectivity index (χ2v) is 16.7. The lowest BCUT2D eigenvalue weighted by Gasteiger charge is -2.62. The number of hydrogen-bond donors (Lipinski definition) is 2. The minimum atomic E-state index is -0.389. The van der Waals surface area contributed by atoms with E-state index >= 15 is 0 Å². The highest BCUT2D eigenvalue weighted by atomic mass is 16.3. The van der Waals surface area contributed by atoms with Gasteiger partial charge in [0.15, 0.2) is 0 Å². The van der Waals surface area contributed by atoms with Gasteiger partial charge in [-0.3, -0.25) is 14.6 Å². The lowest BCUT2D eigenvalue weighted by Crippen LogP contribution is -2.63. The Morgan fingerprint density at radius 3 is 2.43 bits per heavy atom. The number of amides is 1. The lowest BCUT2D eigenvalue weighted by atomic mass is 9.41. The fourth-order valence-corrected chi connectivity index (χ4v) is 12.0. The third-order valence-corrected chi connectivity index (χ3v) is 14.8. The van der Waals surface area contributed by atoms with E-state index in [0.29, 0.717) is 30.6 Å². The normalized spacial score (nSPS) is 45.7. The molecule has 1 aromatic carbocycles. The van der Waals surface area contributed by atoms with Crippen molar-refractivity contribution in [3.8, 4) is 0 Å². The second-order valence-electron chi connectivity index (χ2n) is 16.7. The van der Waals surface area contributed by atoms with Crippen LogP contribution >= 0.6 is 0 Å². The highest BCUT2D eigenvalue weighted by Gasteiger charge is 2.86. The van der Waals surface area contributed by atoms with Crippen LogP contribution in [0.1, 0.15) is 98.5 Å². The Kier molecular flexibility index (Phi) is 7.80. The average Bonchev–Trinajstić information content (AvgIpc) is 3.62. The van der Waals surface area contributed by atoms with Gasteiger partial charge in [0, 0.05) is 47.4 Å². The predicted molar refractivity (Wildman–Crippen MR) is 176 cm³/mol. The molecule has 5 aliphatic carbocycles. The van der Waals surface area contributed by atoms with Crippen molar-refractivity contribution >= 4 is 17.9 Å². The fourth-order valence-electron chi connectivity index (χ4n) is 12.0. The molecule has 5 fully saturated rings. The lowest BCUT2D eigenvalue weighted by molar-refractivity contribution is -0.167.